The fourth-order valence-electron chi connectivity index (χ4n) is 16.0. The van der Waals surface area contributed by atoms with Gasteiger partial charge in [0.2, 0.25) is 0 Å². The van der Waals surface area contributed by atoms with E-state index >= 15 is 0 Å². The Kier molecular flexibility index (Phi) is 30.6. The standard InChI is InChI=1S/C15H31N.C15H29N.C14H29N.C14H27N.C13H27N.C13H25N/c2*1-13(2,3)12-9-10-16(14(4,5)6)15(7,8)11-12;2*1-11-10-12(13(2,3)4)8-9-15(11)14(5,6)7;2*1-12(2,3)11-7-9-14(10-8-11)13(4,5)6/h12H,9-11H2,1-8H3;9H,10-11H2,1-8H3;11-12H,8-10H2,1-7H3;8,11H,9-10H2,1-7H3;11H,7-10H2,1-6H3;7H,8-10H2,1-6H3. The third-order valence-electron chi connectivity index (χ3n) is 22.0. The van der Waals surface area contributed by atoms with Crippen LogP contribution in [0, 0.1) is 50.2 Å². The van der Waals surface area contributed by atoms with Crippen molar-refractivity contribution in [1.29, 1.82) is 0 Å². The zero-order valence-electron chi connectivity index (χ0n) is 69.8. The Labute approximate surface area is 569 Å². The predicted molar refractivity (Wildman–Crippen MR) is 409 cm³/mol. The van der Waals surface area contributed by atoms with E-state index in [-0.39, 0.29) is 11.1 Å². The molecule has 6 aliphatic heterocycles. The Morgan fingerprint density at radius 2 is 0.722 bits per heavy atom. The van der Waals surface area contributed by atoms with Crippen LogP contribution in [0.15, 0.2) is 34.9 Å². The number of likely N-dealkylation sites (tertiary alicyclic amines) is 3. The fraction of sp³-hybridized carbons (Fsp3) is 0.929. The number of nitrogens with zero attached hydrogens (tertiary/aromatic N) is 6. The average Bonchev–Trinajstić information content (AvgIpc) is 0.845. The third-order valence-corrected chi connectivity index (χ3v) is 22.0. The van der Waals surface area contributed by atoms with Gasteiger partial charge in [-0.1, -0.05) is 160 Å². The molecular weight excluding hydrogens is 1090 g/mol. The molecule has 0 aromatic carbocycles. The molecule has 6 rings (SSSR count). The molecule has 6 heterocycles. The maximum atomic E-state index is 2.68. The summed E-state index contributed by atoms with van der Waals surface area (Å²) in [5.41, 5.74) is 9.81. The van der Waals surface area contributed by atoms with E-state index in [2.05, 4.69) is 338 Å². The van der Waals surface area contributed by atoms with E-state index in [1.54, 1.807) is 16.7 Å². The van der Waals surface area contributed by atoms with Crippen molar-refractivity contribution in [3.05, 3.63) is 34.9 Å². The molecule has 0 amide bonds. The van der Waals surface area contributed by atoms with Crippen LogP contribution in [0.3, 0.4) is 0 Å². The Bertz CT molecular complexity index is 2170. The molecule has 4 atom stereocenters. The molecule has 0 spiro atoms. The second kappa shape index (κ2) is 31.7. The highest BCUT2D eigenvalue weighted by Gasteiger charge is 2.44. The molecule has 6 aliphatic rings. The predicted octanol–water partition coefficient (Wildman–Crippen LogP) is 23.4. The average molecular weight is 1260 g/mol. The maximum Gasteiger partial charge on any atom is 0.0198 e. The van der Waals surface area contributed by atoms with E-state index in [1.165, 1.54) is 90.5 Å². The van der Waals surface area contributed by atoms with E-state index < -0.39 is 0 Å². The molecule has 6 nitrogen and oxygen atoms in total. The summed E-state index contributed by atoms with van der Waals surface area (Å²) in [4.78, 5) is 15.7. The van der Waals surface area contributed by atoms with Gasteiger partial charge in [0, 0.05) is 82.6 Å². The second-order valence-electron chi connectivity index (χ2n) is 43.2. The summed E-state index contributed by atoms with van der Waals surface area (Å²) < 4.78 is 0. The minimum Gasteiger partial charge on any atom is -0.298 e. The molecular formula is C84H168N6. The minimum atomic E-state index is 0.253. The van der Waals surface area contributed by atoms with Crippen molar-refractivity contribution in [3.8, 4) is 0 Å². The van der Waals surface area contributed by atoms with Crippen molar-refractivity contribution >= 4 is 0 Å². The van der Waals surface area contributed by atoms with Gasteiger partial charge in [0.05, 0.1) is 0 Å². The van der Waals surface area contributed by atoms with E-state index in [9.17, 15) is 0 Å². The molecule has 3 fully saturated rings. The topological polar surface area (TPSA) is 19.4 Å². The first-order valence-corrected chi connectivity index (χ1v) is 37.2. The van der Waals surface area contributed by atoms with E-state index in [4.69, 9.17) is 0 Å². The smallest absolute Gasteiger partial charge is 0.0198 e. The lowest BCUT2D eigenvalue weighted by atomic mass is 9.69. The maximum absolute atomic E-state index is 2.68. The first-order valence-electron chi connectivity index (χ1n) is 37.2. The molecule has 0 aliphatic carbocycles. The Hall–Kier alpha value is -1.02. The van der Waals surface area contributed by atoms with Crippen LogP contribution in [-0.4, -0.2) is 138 Å². The Morgan fingerprint density at radius 3 is 1.03 bits per heavy atom. The highest BCUT2D eigenvalue weighted by Crippen LogP contribution is 2.45. The van der Waals surface area contributed by atoms with Crippen molar-refractivity contribution in [2.75, 3.05) is 52.4 Å². The minimum absolute atomic E-state index is 0.253. The summed E-state index contributed by atoms with van der Waals surface area (Å²) in [7, 11) is 0. The summed E-state index contributed by atoms with van der Waals surface area (Å²) >= 11 is 0. The summed E-state index contributed by atoms with van der Waals surface area (Å²) in [6, 6.07) is 1.41. The lowest BCUT2D eigenvalue weighted by molar-refractivity contribution is -0.0438. The Morgan fingerprint density at radius 1 is 0.333 bits per heavy atom. The first kappa shape index (κ1) is 87.0. The van der Waals surface area contributed by atoms with E-state index in [0.717, 1.165) is 43.4 Å². The van der Waals surface area contributed by atoms with Crippen LogP contribution in [0.1, 0.15) is 349 Å². The van der Waals surface area contributed by atoms with Crippen LogP contribution in [0.2, 0.25) is 0 Å². The van der Waals surface area contributed by atoms with Gasteiger partial charge in [0.15, 0.2) is 0 Å². The van der Waals surface area contributed by atoms with Gasteiger partial charge in [-0.15, -0.1) is 0 Å². The van der Waals surface area contributed by atoms with Gasteiger partial charge < -0.3 is 0 Å². The summed E-state index contributed by atoms with van der Waals surface area (Å²) in [6.45, 7) is 108. The summed E-state index contributed by atoms with van der Waals surface area (Å²) in [5, 5.41) is 0. The lowest BCUT2D eigenvalue weighted by Crippen LogP contribution is -2.59. The summed E-state index contributed by atoms with van der Waals surface area (Å²) in [6.07, 6.45) is 19.1. The highest BCUT2D eigenvalue weighted by molar-refractivity contribution is 5.21. The SMILES string of the molecule is CC(C)(C)C1=CCN(C(C)(C)C)C(C)(C)C1.CC(C)(C)C1=CCN(C(C)(C)C)CC1.CC(C)(C)C1CCN(C(C)(C)C)C(C)(C)C1.CC(C)(C)C1CCN(C(C)(C)C)CC1.CC1CC(C(C)(C)C)=CCN1C(C)(C)C.CC1CC(C(C)(C)C)CCN1C(C)(C)C. The molecule has 0 aromatic heterocycles. The number of hydrogen-bond donors (Lipinski definition) is 0. The van der Waals surface area contributed by atoms with Crippen molar-refractivity contribution in [3.63, 3.8) is 0 Å². The zero-order valence-corrected chi connectivity index (χ0v) is 69.8. The van der Waals surface area contributed by atoms with Crippen LogP contribution in [0.5, 0.6) is 0 Å². The van der Waals surface area contributed by atoms with Gasteiger partial charge in [-0.2, -0.15) is 0 Å². The molecule has 90 heavy (non-hydrogen) atoms. The molecule has 0 radical (unpaired) electrons. The van der Waals surface area contributed by atoms with Gasteiger partial charge in [-0.25, -0.2) is 0 Å². The van der Waals surface area contributed by atoms with Crippen LogP contribution < -0.4 is 0 Å². The van der Waals surface area contributed by atoms with Crippen LogP contribution >= 0.6 is 0 Å². The van der Waals surface area contributed by atoms with Crippen molar-refractivity contribution in [2.24, 2.45) is 50.2 Å². The third kappa shape index (κ3) is 29.0. The largest absolute Gasteiger partial charge is 0.298 e. The quantitative estimate of drug-likeness (QED) is 0.224. The monoisotopic (exact) mass is 1260 g/mol. The fourth-order valence-corrected chi connectivity index (χ4v) is 16.0. The van der Waals surface area contributed by atoms with Crippen LogP contribution in [0.25, 0.3) is 0 Å². The van der Waals surface area contributed by atoms with Crippen LogP contribution in [-0.2, 0) is 0 Å². The van der Waals surface area contributed by atoms with Gasteiger partial charge in [0.25, 0.3) is 0 Å². The summed E-state index contributed by atoms with van der Waals surface area (Å²) in [5.74, 6) is 2.67. The molecule has 0 saturated carbocycles. The van der Waals surface area contributed by atoms with Crippen molar-refractivity contribution < 1.29 is 0 Å². The lowest BCUT2D eigenvalue weighted by Gasteiger charge is -2.54. The Balaban J connectivity index is 0.000000540. The molecule has 6 heteroatoms. The van der Waals surface area contributed by atoms with E-state index in [0.29, 0.717) is 71.8 Å². The normalized spacial score (nSPS) is 25.2. The number of rotatable bonds is 0. The van der Waals surface area contributed by atoms with Gasteiger partial charge in [0.1, 0.15) is 0 Å². The number of hydrogen-bond acceptors (Lipinski definition) is 6. The highest BCUT2D eigenvalue weighted by atomic mass is 15.3. The van der Waals surface area contributed by atoms with Crippen molar-refractivity contribution in [2.45, 2.75) is 405 Å². The zero-order chi connectivity index (χ0) is 71.2. The van der Waals surface area contributed by atoms with Gasteiger partial charge >= 0.3 is 0 Å². The second-order valence-corrected chi connectivity index (χ2v) is 43.2. The molecule has 0 bridgehead atoms. The molecule has 534 valence electrons. The molecule has 4 unspecified atom stereocenters. The van der Waals surface area contributed by atoms with Crippen LogP contribution in [0.4, 0.5) is 0 Å². The molecule has 0 N–H and O–H groups in total. The molecule has 0 aromatic rings. The first-order chi connectivity index (χ1) is 39.6. The number of piperidine rings is 3. The van der Waals surface area contributed by atoms with Gasteiger partial charge in [-0.3, -0.25) is 29.4 Å². The van der Waals surface area contributed by atoms with Gasteiger partial charge in [-0.05, 0) is 300 Å². The molecule has 3 saturated heterocycles. The van der Waals surface area contributed by atoms with E-state index in [1.807, 2.05) is 0 Å². The van der Waals surface area contributed by atoms with Crippen molar-refractivity contribution in [1.82, 2.24) is 29.4 Å².